The van der Waals surface area contributed by atoms with Gasteiger partial charge in [-0.3, -0.25) is 5.32 Å². The van der Waals surface area contributed by atoms with Crippen LogP contribution in [0.4, 0.5) is 14.9 Å². The Morgan fingerprint density at radius 2 is 2.21 bits per heavy atom. The van der Waals surface area contributed by atoms with Crippen LogP contribution in [0.15, 0.2) is 6.20 Å². The quantitative estimate of drug-likeness (QED) is 0.728. The van der Waals surface area contributed by atoms with Crippen LogP contribution in [0, 0.1) is 5.95 Å². The second-order valence-corrected chi connectivity index (χ2v) is 3.86. The van der Waals surface area contributed by atoms with Gasteiger partial charge in [-0.05, 0) is 20.8 Å². The molecule has 78 valence electrons. The predicted molar refractivity (Wildman–Crippen MR) is 48.8 cm³/mol. The highest BCUT2D eigenvalue weighted by Gasteiger charge is 2.21. The van der Waals surface area contributed by atoms with Crippen LogP contribution in [-0.4, -0.2) is 21.0 Å². The zero-order valence-corrected chi connectivity index (χ0v) is 8.21. The fourth-order valence-electron chi connectivity index (χ4n) is 1.00. The fraction of sp³-hybridized carbons (Fsp3) is 0.500. The first kappa shape index (κ1) is 10.5. The molecule has 0 saturated heterocycles. The highest BCUT2D eigenvalue weighted by Crippen LogP contribution is 2.20. The van der Waals surface area contributed by atoms with Gasteiger partial charge in [-0.15, -0.1) is 0 Å². The Bertz CT molecular complexity index is 354. The van der Waals surface area contributed by atoms with Gasteiger partial charge < -0.3 is 5.11 Å². The molecule has 1 aromatic rings. The number of carbonyl (C=O) groups is 1. The minimum atomic E-state index is -1.31. The number of rotatable bonds is 1. The van der Waals surface area contributed by atoms with E-state index in [0.717, 1.165) is 10.9 Å². The number of carboxylic acid groups (broad SMARTS) is 1. The maximum absolute atomic E-state index is 13.5. The number of hydrogen-bond acceptors (Lipinski definition) is 2. The van der Waals surface area contributed by atoms with Crippen molar-refractivity contribution in [3.05, 3.63) is 12.1 Å². The number of amides is 1. The molecule has 0 fully saturated rings. The summed E-state index contributed by atoms with van der Waals surface area (Å²) in [6.45, 7) is 5.31. The lowest BCUT2D eigenvalue weighted by atomic mass is 10.1. The topological polar surface area (TPSA) is 67.2 Å². The van der Waals surface area contributed by atoms with Crippen molar-refractivity contribution in [3.8, 4) is 0 Å². The Morgan fingerprint density at radius 3 is 2.57 bits per heavy atom. The molecule has 0 aliphatic heterocycles. The molecular weight excluding hydrogens is 189 g/mol. The van der Waals surface area contributed by atoms with Gasteiger partial charge in [0.1, 0.15) is 5.69 Å². The van der Waals surface area contributed by atoms with Gasteiger partial charge in [-0.2, -0.15) is 9.49 Å². The number of nitrogens with one attached hydrogen (secondary N) is 1. The third-order valence-electron chi connectivity index (χ3n) is 1.59. The largest absolute Gasteiger partial charge is 0.465 e. The molecule has 1 rings (SSSR count). The van der Waals surface area contributed by atoms with E-state index in [9.17, 15) is 9.18 Å². The Morgan fingerprint density at radius 1 is 1.64 bits per heavy atom. The van der Waals surface area contributed by atoms with Gasteiger partial charge in [0.25, 0.3) is 0 Å². The predicted octanol–water partition coefficient (Wildman–Crippen LogP) is 1.87. The zero-order chi connectivity index (χ0) is 10.9. The minimum absolute atomic E-state index is 0.132. The van der Waals surface area contributed by atoms with E-state index in [1.807, 2.05) is 5.32 Å². The number of aromatic nitrogens is 2. The van der Waals surface area contributed by atoms with Crippen molar-refractivity contribution in [2.75, 3.05) is 5.32 Å². The summed E-state index contributed by atoms with van der Waals surface area (Å²) < 4.78 is 14.6. The molecule has 0 aromatic carbocycles. The SMILES string of the molecule is CC(C)(C)n1ncc(NC(=O)O)c1F. The summed E-state index contributed by atoms with van der Waals surface area (Å²) in [7, 11) is 0. The molecule has 0 bridgehead atoms. The van der Waals surface area contributed by atoms with Gasteiger partial charge in [0.2, 0.25) is 5.95 Å². The second kappa shape index (κ2) is 3.28. The third kappa shape index (κ3) is 2.01. The molecule has 1 heterocycles. The van der Waals surface area contributed by atoms with Crippen molar-refractivity contribution in [1.82, 2.24) is 9.78 Å². The van der Waals surface area contributed by atoms with Gasteiger partial charge in [0, 0.05) is 0 Å². The van der Waals surface area contributed by atoms with Crippen LogP contribution < -0.4 is 5.32 Å². The zero-order valence-electron chi connectivity index (χ0n) is 8.21. The summed E-state index contributed by atoms with van der Waals surface area (Å²) in [5, 5.41) is 14.1. The van der Waals surface area contributed by atoms with E-state index in [0.29, 0.717) is 0 Å². The molecule has 0 unspecified atom stereocenters. The van der Waals surface area contributed by atoms with Gasteiger partial charge in [0.05, 0.1) is 11.7 Å². The average Bonchev–Trinajstić information content (AvgIpc) is 2.30. The number of halogens is 1. The fourth-order valence-corrected chi connectivity index (χ4v) is 1.00. The van der Waals surface area contributed by atoms with Crippen molar-refractivity contribution < 1.29 is 14.3 Å². The normalized spacial score (nSPS) is 11.4. The number of anilines is 1. The van der Waals surface area contributed by atoms with Crippen LogP contribution in [0.25, 0.3) is 0 Å². The van der Waals surface area contributed by atoms with E-state index < -0.39 is 17.6 Å². The lowest BCUT2D eigenvalue weighted by Crippen LogP contribution is -2.25. The first-order valence-electron chi connectivity index (χ1n) is 4.06. The molecule has 0 atom stereocenters. The monoisotopic (exact) mass is 201 g/mol. The van der Waals surface area contributed by atoms with Crippen LogP contribution in [0.1, 0.15) is 20.8 Å². The first-order chi connectivity index (χ1) is 6.32. The summed E-state index contributed by atoms with van der Waals surface area (Å²) in [6.07, 6.45) is -0.160. The highest BCUT2D eigenvalue weighted by atomic mass is 19.1. The molecule has 14 heavy (non-hydrogen) atoms. The molecule has 1 aromatic heterocycles. The van der Waals surface area contributed by atoms with Gasteiger partial charge in [-0.25, -0.2) is 9.48 Å². The average molecular weight is 201 g/mol. The lowest BCUT2D eigenvalue weighted by Gasteiger charge is -2.19. The molecule has 0 spiro atoms. The molecular formula is C8H12FN3O2. The molecule has 5 nitrogen and oxygen atoms in total. The Kier molecular flexibility index (Phi) is 2.46. The molecule has 6 heteroatoms. The van der Waals surface area contributed by atoms with Crippen molar-refractivity contribution in [2.45, 2.75) is 26.3 Å². The van der Waals surface area contributed by atoms with Crippen LogP contribution in [-0.2, 0) is 5.54 Å². The van der Waals surface area contributed by atoms with E-state index in [2.05, 4.69) is 5.10 Å². The van der Waals surface area contributed by atoms with E-state index in [1.54, 1.807) is 20.8 Å². The van der Waals surface area contributed by atoms with Gasteiger partial charge >= 0.3 is 6.09 Å². The Hall–Kier alpha value is -1.59. The molecule has 2 N–H and O–H groups in total. The van der Waals surface area contributed by atoms with Crippen molar-refractivity contribution in [1.29, 1.82) is 0 Å². The van der Waals surface area contributed by atoms with Gasteiger partial charge in [0.15, 0.2) is 0 Å². The lowest BCUT2D eigenvalue weighted by molar-refractivity contribution is 0.209. The molecule has 0 radical (unpaired) electrons. The summed E-state index contributed by atoms with van der Waals surface area (Å²) in [5.41, 5.74) is -0.643. The standard InChI is InChI=1S/C8H12FN3O2/c1-8(2,3)12-6(9)5(4-10-12)11-7(13)14/h4,11H,1-3H3,(H,13,14). The van der Waals surface area contributed by atoms with Crippen LogP contribution in [0.2, 0.25) is 0 Å². The van der Waals surface area contributed by atoms with E-state index >= 15 is 0 Å². The summed E-state index contributed by atoms with van der Waals surface area (Å²) >= 11 is 0. The van der Waals surface area contributed by atoms with Crippen molar-refractivity contribution in [2.24, 2.45) is 0 Å². The van der Waals surface area contributed by atoms with Crippen LogP contribution in [0.5, 0.6) is 0 Å². The third-order valence-corrected chi connectivity index (χ3v) is 1.59. The summed E-state index contributed by atoms with van der Waals surface area (Å²) in [6, 6.07) is 0. The maximum Gasteiger partial charge on any atom is 0.409 e. The minimum Gasteiger partial charge on any atom is -0.465 e. The maximum atomic E-state index is 13.5. The van der Waals surface area contributed by atoms with E-state index in [1.165, 1.54) is 0 Å². The summed E-state index contributed by atoms with van der Waals surface area (Å²) in [4.78, 5) is 10.3. The second-order valence-electron chi connectivity index (χ2n) is 3.86. The van der Waals surface area contributed by atoms with Crippen molar-refractivity contribution in [3.63, 3.8) is 0 Å². The molecule has 0 saturated carbocycles. The molecule has 0 aliphatic rings. The molecule has 0 aliphatic carbocycles. The molecule has 1 amide bonds. The Labute approximate surface area is 80.5 Å². The van der Waals surface area contributed by atoms with Crippen LogP contribution in [0.3, 0.4) is 0 Å². The first-order valence-corrected chi connectivity index (χ1v) is 4.06. The van der Waals surface area contributed by atoms with Gasteiger partial charge in [-0.1, -0.05) is 0 Å². The number of nitrogens with zero attached hydrogens (tertiary/aromatic N) is 2. The highest BCUT2D eigenvalue weighted by molar-refractivity contribution is 5.82. The van der Waals surface area contributed by atoms with Crippen LogP contribution >= 0.6 is 0 Å². The van der Waals surface area contributed by atoms with E-state index in [-0.39, 0.29) is 5.69 Å². The Balaban J connectivity index is 3.03. The number of hydrogen-bond donors (Lipinski definition) is 2. The summed E-state index contributed by atoms with van der Waals surface area (Å²) in [5.74, 6) is -0.681. The van der Waals surface area contributed by atoms with Crippen molar-refractivity contribution >= 4 is 11.8 Å². The van der Waals surface area contributed by atoms with E-state index in [4.69, 9.17) is 5.11 Å². The smallest absolute Gasteiger partial charge is 0.409 e.